The number of rotatable bonds is 5. The van der Waals surface area contributed by atoms with Crippen molar-refractivity contribution in [1.82, 2.24) is 0 Å². The van der Waals surface area contributed by atoms with Crippen LogP contribution in [0.3, 0.4) is 0 Å². The van der Waals surface area contributed by atoms with Crippen LogP contribution in [0, 0.1) is 50.2 Å². The van der Waals surface area contributed by atoms with Crippen LogP contribution in [0.1, 0.15) is 92.9 Å². The molecule has 1 aliphatic heterocycles. The largest absolute Gasteiger partial charge is 0.481 e. The highest BCUT2D eigenvalue weighted by Crippen LogP contribution is 2.76. The molecule has 1 saturated heterocycles. The van der Waals surface area contributed by atoms with Gasteiger partial charge in [0, 0.05) is 11.3 Å². The zero-order valence-corrected chi connectivity index (χ0v) is 28.8. The first kappa shape index (κ1) is 35.7. The van der Waals surface area contributed by atoms with E-state index in [0.29, 0.717) is 32.1 Å². The number of aliphatic hydroxyl groups excluding tert-OH is 7. The molecule has 0 radical (unpaired) electrons. The summed E-state index contributed by atoms with van der Waals surface area (Å²) in [5.74, 6) is -1.31. The van der Waals surface area contributed by atoms with Gasteiger partial charge in [-0.1, -0.05) is 53.2 Å². The van der Waals surface area contributed by atoms with Gasteiger partial charge in [-0.3, -0.25) is 4.79 Å². The van der Waals surface area contributed by atoms with E-state index in [0.717, 1.165) is 12.8 Å². The van der Waals surface area contributed by atoms with Crippen LogP contribution in [0.25, 0.3) is 0 Å². The highest BCUT2D eigenvalue weighted by molar-refractivity contribution is 5.76. The quantitative estimate of drug-likeness (QED) is 0.158. The number of carbonyl (C=O) groups is 1. The Hall–Kier alpha value is -1.15. The standard InChI is InChI=1S/C36H58O11/c1-31(2)9-11-36(30(44)45)12-10-34(5)18(19(36)13-31)7-8-23-32(3)14-21(40)28(33(4,17-38)27(32)20(39)15-35(23,34)6)47-29-26(43)25(42)24(41)22(16-37)46-29/h7,19-29,37-43H,8-17H2,1-6H3,(H,44,45)/t19-,20+,21-,22+,23+,24+,25-,26+,27+,28-,29-,32+,33-,34+,35+,36-/m0/s1. The third-order valence-electron chi connectivity index (χ3n) is 15.1. The van der Waals surface area contributed by atoms with Crippen LogP contribution in [0.15, 0.2) is 11.6 Å². The average Bonchev–Trinajstić information content (AvgIpc) is 2.98. The molecule has 6 rings (SSSR count). The lowest BCUT2D eigenvalue weighted by atomic mass is 9.33. The summed E-state index contributed by atoms with van der Waals surface area (Å²) in [6, 6.07) is 0. The third-order valence-corrected chi connectivity index (χ3v) is 15.1. The highest BCUT2D eigenvalue weighted by atomic mass is 16.7. The van der Waals surface area contributed by atoms with Crippen LogP contribution in [-0.4, -0.2) is 109 Å². The molecule has 0 unspecified atom stereocenters. The van der Waals surface area contributed by atoms with Gasteiger partial charge in [0.15, 0.2) is 6.29 Å². The van der Waals surface area contributed by atoms with Crippen molar-refractivity contribution in [3.8, 4) is 0 Å². The lowest BCUT2D eigenvalue weighted by Gasteiger charge is -2.72. The summed E-state index contributed by atoms with van der Waals surface area (Å²) >= 11 is 0. The van der Waals surface area contributed by atoms with Gasteiger partial charge >= 0.3 is 5.97 Å². The molecule has 8 N–H and O–H groups in total. The zero-order chi connectivity index (χ0) is 34.7. The summed E-state index contributed by atoms with van der Waals surface area (Å²) in [4.78, 5) is 13.0. The van der Waals surface area contributed by atoms with Crippen molar-refractivity contribution in [2.45, 2.75) is 142 Å². The summed E-state index contributed by atoms with van der Waals surface area (Å²) < 4.78 is 11.8. The van der Waals surface area contributed by atoms with E-state index in [2.05, 4.69) is 40.7 Å². The van der Waals surface area contributed by atoms with Gasteiger partial charge in [-0.2, -0.15) is 0 Å². The molecule has 0 amide bonds. The van der Waals surface area contributed by atoms with Crippen LogP contribution in [0.2, 0.25) is 0 Å². The normalized spacial score (nSPS) is 55.5. The minimum absolute atomic E-state index is 0.000173. The maximum absolute atomic E-state index is 13.0. The van der Waals surface area contributed by atoms with Crippen LogP contribution in [0.5, 0.6) is 0 Å². The topological polar surface area (TPSA) is 197 Å². The second kappa shape index (κ2) is 11.4. The molecular weight excluding hydrogens is 608 g/mol. The number of aliphatic carboxylic acids is 1. The number of carboxylic acid groups (broad SMARTS) is 1. The van der Waals surface area contributed by atoms with Crippen molar-refractivity contribution in [1.29, 1.82) is 0 Å². The number of aliphatic hydroxyl groups is 7. The first-order valence-electron chi connectivity index (χ1n) is 17.6. The van der Waals surface area contributed by atoms with Gasteiger partial charge in [0.2, 0.25) is 0 Å². The molecule has 0 aromatic rings. The second-order valence-corrected chi connectivity index (χ2v) is 18.0. The van der Waals surface area contributed by atoms with Crippen LogP contribution >= 0.6 is 0 Å². The Morgan fingerprint density at radius 2 is 1.53 bits per heavy atom. The summed E-state index contributed by atoms with van der Waals surface area (Å²) in [7, 11) is 0. The Bertz CT molecular complexity index is 1270. The van der Waals surface area contributed by atoms with Crippen LogP contribution in [-0.2, 0) is 14.3 Å². The number of ether oxygens (including phenoxy) is 2. The van der Waals surface area contributed by atoms with E-state index in [1.807, 2.05) is 0 Å². The predicted molar refractivity (Wildman–Crippen MR) is 170 cm³/mol. The fourth-order valence-corrected chi connectivity index (χ4v) is 12.5. The Labute approximate surface area is 278 Å². The SMILES string of the molecule is CC1(C)CC[C@]2(C(=O)O)CC[C@]3(C)C(=CC[C@@H]4[C@@]5(C)C[C@H](O)[C@H](O[C@@H]6O[C@H](CO)[C@@H](O)[C@H](O)[C@H]6O)[C@@](C)(CO)[C@@H]5[C@H](O)C[C@]43C)[C@@H]2C1. The van der Waals surface area contributed by atoms with Crippen molar-refractivity contribution >= 4 is 5.97 Å². The number of hydrogen-bond donors (Lipinski definition) is 8. The molecule has 0 aromatic heterocycles. The summed E-state index contributed by atoms with van der Waals surface area (Å²) in [5, 5.41) is 86.9. The van der Waals surface area contributed by atoms with Crippen LogP contribution in [0.4, 0.5) is 0 Å². The molecule has 1 heterocycles. The smallest absolute Gasteiger partial charge is 0.310 e. The molecule has 0 spiro atoms. The van der Waals surface area contributed by atoms with Gasteiger partial charge in [0.1, 0.15) is 24.4 Å². The molecule has 0 bridgehead atoms. The molecule has 16 atom stereocenters. The number of hydrogen-bond acceptors (Lipinski definition) is 10. The minimum atomic E-state index is -1.67. The van der Waals surface area contributed by atoms with Crippen molar-refractivity contribution in [2.24, 2.45) is 50.2 Å². The van der Waals surface area contributed by atoms with E-state index < -0.39 is 95.8 Å². The summed E-state index contributed by atoms with van der Waals surface area (Å²) in [6.07, 6.45) is -3.47. The third kappa shape index (κ3) is 4.81. The van der Waals surface area contributed by atoms with Crippen LogP contribution < -0.4 is 0 Å². The maximum atomic E-state index is 13.0. The highest BCUT2D eigenvalue weighted by Gasteiger charge is 2.73. The fourth-order valence-electron chi connectivity index (χ4n) is 12.5. The summed E-state index contributed by atoms with van der Waals surface area (Å²) in [5.41, 5.74) is -2.18. The lowest BCUT2D eigenvalue weighted by Crippen LogP contribution is -2.72. The molecule has 5 fully saturated rings. The van der Waals surface area contributed by atoms with Crippen molar-refractivity contribution < 1.29 is 55.1 Å². The van der Waals surface area contributed by atoms with E-state index in [-0.39, 0.29) is 29.1 Å². The molecule has 6 aliphatic rings. The molecular formula is C36H58O11. The molecule has 11 heteroatoms. The van der Waals surface area contributed by atoms with Crippen molar-refractivity contribution in [2.75, 3.05) is 13.2 Å². The van der Waals surface area contributed by atoms with Crippen molar-refractivity contribution in [3.05, 3.63) is 11.6 Å². The van der Waals surface area contributed by atoms with Gasteiger partial charge < -0.3 is 50.3 Å². The molecule has 5 aliphatic carbocycles. The summed E-state index contributed by atoms with van der Waals surface area (Å²) in [6.45, 7) is 11.8. The predicted octanol–water partition coefficient (Wildman–Crippen LogP) is 1.97. The Kier molecular flexibility index (Phi) is 8.68. The minimum Gasteiger partial charge on any atom is -0.481 e. The van der Waals surface area contributed by atoms with Gasteiger partial charge in [-0.15, -0.1) is 0 Å². The van der Waals surface area contributed by atoms with E-state index in [1.165, 1.54) is 5.57 Å². The lowest BCUT2D eigenvalue weighted by molar-refractivity contribution is -0.350. The van der Waals surface area contributed by atoms with E-state index in [1.54, 1.807) is 6.92 Å². The van der Waals surface area contributed by atoms with Crippen molar-refractivity contribution in [3.63, 3.8) is 0 Å². The van der Waals surface area contributed by atoms with Gasteiger partial charge in [-0.25, -0.2) is 0 Å². The number of fused-ring (bicyclic) bond motifs is 7. The first-order chi connectivity index (χ1) is 21.8. The van der Waals surface area contributed by atoms with Gasteiger partial charge in [0.05, 0.1) is 36.9 Å². The van der Waals surface area contributed by atoms with E-state index >= 15 is 0 Å². The first-order valence-corrected chi connectivity index (χ1v) is 17.6. The van der Waals surface area contributed by atoms with E-state index in [9.17, 15) is 45.6 Å². The van der Waals surface area contributed by atoms with E-state index in [4.69, 9.17) is 9.47 Å². The second-order valence-electron chi connectivity index (χ2n) is 18.0. The molecule has 268 valence electrons. The molecule has 11 nitrogen and oxygen atoms in total. The Morgan fingerprint density at radius 3 is 2.15 bits per heavy atom. The average molecular weight is 667 g/mol. The maximum Gasteiger partial charge on any atom is 0.310 e. The molecule has 0 aromatic carbocycles. The molecule has 47 heavy (non-hydrogen) atoms. The monoisotopic (exact) mass is 666 g/mol. The fraction of sp³-hybridized carbons (Fsp3) is 0.917. The van der Waals surface area contributed by atoms with Gasteiger partial charge in [0.25, 0.3) is 0 Å². The molecule has 4 saturated carbocycles. The Morgan fingerprint density at radius 1 is 0.872 bits per heavy atom. The Balaban J connectivity index is 1.37. The zero-order valence-electron chi connectivity index (χ0n) is 28.8. The van der Waals surface area contributed by atoms with Gasteiger partial charge in [-0.05, 0) is 84.9 Å². The number of carboxylic acids is 1. The number of allylic oxidation sites excluding steroid dienone is 2.